The molecule has 15 heavy (non-hydrogen) atoms. The van der Waals surface area contributed by atoms with Crippen molar-refractivity contribution in [2.45, 2.75) is 24.8 Å². The van der Waals surface area contributed by atoms with Crippen LogP contribution in [0.1, 0.15) is 13.3 Å². The van der Waals surface area contributed by atoms with Crippen molar-refractivity contribution in [3.05, 3.63) is 10.1 Å². The molecule has 0 aromatic rings. The molecule has 0 aliphatic heterocycles. The third-order valence-electron chi connectivity index (χ3n) is 1.85. The van der Waals surface area contributed by atoms with E-state index in [1.54, 1.807) is 0 Å². The van der Waals surface area contributed by atoms with Crippen molar-refractivity contribution in [1.29, 1.82) is 0 Å². The van der Waals surface area contributed by atoms with E-state index in [1.165, 1.54) is 6.92 Å². The lowest BCUT2D eigenvalue weighted by Crippen LogP contribution is -2.34. The zero-order valence-electron chi connectivity index (χ0n) is 7.86. The first-order chi connectivity index (χ1) is 6.64. The van der Waals surface area contributed by atoms with Crippen molar-refractivity contribution in [3.8, 4) is 0 Å². The molecule has 3 atom stereocenters. The summed E-state index contributed by atoms with van der Waals surface area (Å²) in [6, 6.07) is 0. The molecular formula is C6H11F3N2O3S. The summed E-state index contributed by atoms with van der Waals surface area (Å²) in [5, 5.41) is 14.0. The Morgan fingerprint density at radius 1 is 1.53 bits per heavy atom. The summed E-state index contributed by atoms with van der Waals surface area (Å²) in [5.74, 6) is -2.10. The van der Waals surface area contributed by atoms with E-state index in [4.69, 9.17) is 5.14 Å². The minimum Gasteiger partial charge on any atom is -0.265 e. The van der Waals surface area contributed by atoms with Gasteiger partial charge >= 0.3 is 6.18 Å². The molecule has 0 aromatic heterocycles. The van der Waals surface area contributed by atoms with Gasteiger partial charge in [-0.05, 0) is 13.3 Å². The molecule has 0 fully saturated rings. The minimum absolute atomic E-state index is 0.604. The summed E-state index contributed by atoms with van der Waals surface area (Å²) in [5.41, 5.74) is 0. The van der Waals surface area contributed by atoms with Crippen LogP contribution < -0.4 is 5.14 Å². The first-order valence-corrected chi connectivity index (χ1v) is 5.25. The van der Waals surface area contributed by atoms with Gasteiger partial charge in [0.15, 0.2) is 0 Å². The van der Waals surface area contributed by atoms with Crippen LogP contribution in [0.3, 0.4) is 0 Å². The van der Waals surface area contributed by atoms with Crippen molar-refractivity contribution in [2.75, 3.05) is 6.54 Å². The second-order valence-corrected chi connectivity index (χ2v) is 4.59. The number of nitro groups is 1. The van der Waals surface area contributed by atoms with Gasteiger partial charge in [-0.2, -0.15) is 13.2 Å². The van der Waals surface area contributed by atoms with E-state index >= 15 is 0 Å². The Labute approximate surface area is 86.6 Å². The normalized spacial score (nSPS) is 18.2. The fraction of sp³-hybridized carbons (Fsp3) is 1.00. The van der Waals surface area contributed by atoms with E-state index in [1.807, 2.05) is 0 Å². The number of hydrogen-bond acceptors (Lipinski definition) is 3. The summed E-state index contributed by atoms with van der Waals surface area (Å²) >= 11 is 0. The first-order valence-electron chi connectivity index (χ1n) is 3.98. The fourth-order valence-electron chi connectivity index (χ4n) is 0.987. The molecule has 0 saturated carbocycles. The van der Waals surface area contributed by atoms with Crippen LogP contribution in [0.2, 0.25) is 0 Å². The van der Waals surface area contributed by atoms with Crippen molar-refractivity contribution in [2.24, 2.45) is 11.1 Å². The summed E-state index contributed by atoms with van der Waals surface area (Å²) in [6.07, 6.45) is -5.27. The van der Waals surface area contributed by atoms with Crippen LogP contribution >= 0.6 is 0 Å². The van der Waals surface area contributed by atoms with Crippen molar-refractivity contribution in [1.82, 2.24) is 0 Å². The Bertz CT molecular complexity index is 258. The fourth-order valence-corrected chi connectivity index (χ4v) is 1.41. The molecule has 0 rings (SSSR count). The molecule has 2 unspecified atom stereocenters. The third-order valence-corrected chi connectivity index (χ3v) is 2.83. The second-order valence-electron chi connectivity index (χ2n) is 3.13. The monoisotopic (exact) mass is 248 g/mol. The van der Waals surface area contributed by atoms with Gasteiger partial charge in [0.25, 0.3) is 0 Å². The average Bonchev–Trinajstić information content (AvgIpc) is 2.00. The maximum absolute atomic E-state index is 12.3. The lowest BCUT2D eigenvalue weighted by Gasteiger charge is -2.18. The summed E-state index contributed by atoms with van der Waals surface area (Å²) in [6.45, 7) is 0.0415. The Balaban J connectivity index is 4.52. The largest absolute Gasteiger partial charge is 0.398 e. The Morgan fingerprint density at radius 2 is 2.00 bits per heavy atom. The lowest BCUT2D eigenvalue weighted by atomic mass is 10.0. The average molecular weight is 248 g/mol. The van der Waals surface area contributed by atoms with Gasteiger partial charge in [-0.25, -0.2) is 4.21 Å². The molecule has 0 aliphatic rings. The van der Waals surface area contributed by atoms with Gasteiger partial charge in [-0.3, -0.25) is 15.3 Å². The summed E-state index contributed by atoms with van der Waals surface area (Å²) in [4.78, 5) is 8.97. The standard InChI is InChI=1S/C6H11F3N2O3S/c1-4(15(10)14)2-5(3-11(12)13)6(7,8)9/h4-5H,2-3,10H2,1H3/t4?,5-,15?/m1/s1. The molecule has 0 aromatic carbocycles. The van der Waals surface area contributed by atoms with Crippen LogP contribution in [0.5, 0.6) is 0 Å². The number of hydrogen-bond donors (Lipinski definition) is 1. The summed E-state index contributed by atoms with van der Waals surface area (Å²) < 4.78 is 47.4. The maximum atomic E-state index is 12.3. The van der Waals surface area contributed by atoms with E-state index in [9.17, 15) is 27.5 Å². The highest BCUT2D eigenvalue weighted by molar-refractivity contribution is 7.83. The second kappa shape index (κ2) is 5.40. The zero-order valence-corrected chi connectivity index (χ0v) is 8.68. The van der Waals surface area contributed by atoms with Crippen LogP contribution in [0.15, 0.2) is 0 Å². The Kier molecular flexibility index (Phi) is 5.15. The first kappa shape index (κ1) is 14.3. The highest BCUT2D eigenvalue weighted by Gasteiger charge is 2.44. The van der Waals surface area contributed by atoms with Crippen molar-refractivity contribution in [3.63, 3.8) is 0 Å². The SMILES string of the molecule is CC(C[C@H](C[N+](=O)[O-])C(F)(F)F)S(N)=O. The highest BCUT2D eigenvalue weighted by Crippen LogP contribution is 2.30. The van der Waals surface area contributed by atoms with E-state index in [2.05, 4.69) is 0 Å². The van der Waals surface area contributed by atoms with Gasteiger partial charge in [-0.1, -0.05) is 0 Å². The Hall–Kier alpha value is -0.700. The molecule has 9 heteroatoms. The molecule has 0 bridgehead atoms. The molecule has 0 aliphatic carbocycles. The van der Waals surface area contributed by atoms with Crippen LogP contribution in [0, 0.1) is 16.0 Å². The van der Waals surface area contributed by atoms with E-state index in [0.29, 0.717) is 0 Å². The Morgan fingerprint density at radius 3 is 2.27 bits per heavy atom. The number of nitrogens with two attached hydrogens (primary N) is 1. The van der Waals surface area contributed by atoms with Crippen LogP contribution in [0.4, 0.5) is 13.2 Å². The topological polar surface area (TPSA) is 86.2 Å². The maximum Gasteiger partial charge on any atom is 0.398 e. The third kappa shape index (κ3) is 5.67. The molecule has 0 radical (unpaired) electrons. The van der Waals surface area contributed by atoms with Crippen molar-refractivity contribution < 1.29 is 22.3 Å². The quantitative estimate of drug-likeness (QED) is 0.577. The predicted octanol–water partition coefficient (Wildman–Crippen LogP) is 0.843. The number of rotatable bonds is 5. The number of nitrogens with zero attached hydrogens (tertiary/aromatic N) is 1. The lowest BCUT2D eigenvalue weighted by molar-refractivity contribution is -0.497. The predicted molar refractivity (Wildman–Crippen MR) is 47.8 cm³/mol. The van der Waals surface area contributed by atoms with Gasteiger partial charge < -0.3 is 0 Å². The van der Waals surface area contributed by atoms with E-state index in [0.717, 1.165) is 0 Å². The minimum atomic E-state index is -4.67. The molecule has 0 heterocycles. The van der Waals surface area contributed by atoms with Crippen LogP contribution in [-0.2, 0) is 11.0 Å². The molecule has 0 spiro atoms. The van der Waals surface area contributed by atoms with E-state index < -0.39 is 46.2 Å². The summed E-state index contributed by atoms with van der Waals surface area (Å²) in [7, 11) is -1.90. The smallest absolute Gasteiger partial charge is 0.265 e. The van der Waals surface area contributed by atoms with Gasteiger partial charge in [0.05, 0.1) is 11.0 Å². The van der Waals surface area contributed by atoms with Gasteiger partial charge in [-0.15, -0.1) is 0 Å². The molecule has 90 valence electrons. The van der Waals surface area contributed by atoms with Crippen LogP contribution in [0.25, 0.3) is 0 Å². The highest BCUT2D eigenvalue weighted by atomic mass is 32.2. The molecule has 2 N–H and O–H groups in total. The van der Waals surface area contributed by atoms with Gasteiger partial charge in [0.1, 0.15) is 5.92 Å². The molecule has 0 amide bonds. The zero-order chi connectivity index (χ0) is 12.2. The van der Waals surface area contributed by atoms with Gasteiger partial charge in [0, 0.05) is 10.2 Å². The molecular weight excluding hydrogens is 237 g/mol. The number of alkyl halides is 3. The van der Waals surface area contributed by atoms with E-state index in [-0.39, 0.29) is 0 Å². The van der Waals surface area contributed by atoms with Crippen molar-refractivity contribution >= 4 is 11.0 Å². The molecule has 5 nitrogen and oxygen atoms in total. The van der Waals surface area contributed by atoms with Gasteiger partial charge in [0.2, 0.25) is 6.54 Å². The van der Waals surface area contributed by atoms with Crippen LogP contribution in [-0.4, -0.2) is 27.1 Å². The molecule has 0 saturated heterocycles. The number of halogens is 3.